The zero-order chi connectivity index (χ0) is 11.3. The molecule has 0 aromatic rings. The molecule has 4 nitrogen and oxygen atoms in total. The van der Waals surface area contributed by atoms with Gasteiger partial charge in [-0.2, -0.15) is 0 Å². The van der Waals surface area contributed by atoms with Gasteiger partial charge >= 0.3 is 5.97 Å². The maximum atomic E-state index is 11.8. The normalized spacial score (nSPS) is 22.4. The van der Waals surface area contributed by atoms with Gasteiger partial charge in [0.05, 0.1) is 7.11 Å². The Labute approximate surface area is 89.9 Å². The highest BCUT2D eigenvalue weighted by atomic mass is 16.5. The van der Waals surface area contributed by atoms with Crippen molar-refractivity contribution in [3.8, 4) is 0 Å². The summed E-state index contributed by atoms with van der Waals surface area (Å²) in [6.45, 7) is 3.20. The highest BCUT2D eigenvalue weighted by Gasteiger charge is 2.28. The number of hydrogen-bond donors (Lipinski definition) is 0. The SMILES string of the molecule is CCC(C(=O)CC1CCOC1)C(=O)OC. The highest BCUT2D eigenvalue weighted by Crippen LogP contribution is 2.20. The van der Waals surface area contributed by atoms with Crippen molar-refractivity contribution in [2.45, 2.75) is 26.2 Å². The first-order chi connectivity index (χ1) is 7.19. The van der Waals surface area contributed by atoms with Crippen molar-refractivity contribution in [2.75, 3.05) is 20.3 Å². The lowest BCUT2D eigenvalue weighted by Gasteiger charge is -2.13. The Kier molecular flexibility index (Phi) is 4.75. The van der Waals surface area contributed by atoms with Gasteiger partial charge < -0.3 is 9.47 Å². The van der Waals surface area contributed by atoms with Crippen LogP contribution in [-0.4, -0.2) is 32.1 Å². The van der Waals surface area contributed by atoms with Gasteiger partial charge in [-0.05, 0) is 18.8 Å². The summed E-state index contributed by atoms with van der Waals surface area (Å²) >= 11 is 0. The predicted octanol–water partition coefficient (Wildman–Crippen LogP) is 1.18. The van der Waals surface area contributed by atoms with E-state index >= 15 is 0 Å². The zero-order valence-corrected chi connectivity index (χ0v) is 9.32. The van der Waals surface area contributed by atoms with Gasteiger partial charge in [0.15, 0.2) is 0 Å². The van der Waals surface area contributed by atoms with Crippen molar-refractivity contribution in [1.82, 2.24) is 0 Å². The standard InChI is InChI=1S/C11H18O4/c1-3-9(11(13)14-2)10(12)6-8-4-5-15-7-8/h8-9H,3-7H2,1-2H3. The molecule has 4 heteroatoms. The van der Waals surface area contributed by atoms with Crippen LogP contribution in [-0.2, 0) is 19.1 Å². The van der Waals surface area contributed by atoms with Gasteiger partial charge in [-0.3, -0.25) is 9.59 Å². The van der Waals surface area contributed by atoms with Gasteiger partial charge in [-0.25, -0.2) is 0 Å². The fourth-order valence-electron chi connectivity index (χ4n) is 1.84. The molecule has 1 fully saturated rings. The van der Waals surface area contributed by atoms with Crippen LogP contribution >= 0.6 is 0 Å². The number of hydrogen-bond acceptors (Lipinski definition) is 4. The lowest BCUT2D eigenvalue weighted by molar-refractivity contribution is -0.149. The van der Waals surface area contributed by atoms with Crippen molar-refractivity contribution < 1.29 is 19.1 Å². The lowest BCUT2D eigenvalue weighted by atomic mass is 9.92. The van der Waals surface area contributed by atoms with Crippen LogP contribution in [0.1, 0.15) is 26.2 Å². The number of methoxy groups -OCH3 is 1. The first-order valence-electron chi connectivity index (χ1n) is 5.37. The minimum Gasteiger partial charge on any atom is -0.468 e. The van der Waals surface area contributed by atoms with Crippen molar-refractivity contribution in [1.29, 1.82) is 0 Å². The van der Waals surface area contributed by atoms with E-state index in [4.69, 9.17) is 4.74 Å². The summed E-state index contributed by atoms with van der Waals surface area (Å²) in [6, 6.07) is 0. The number of rotatable bonds is 5. The van der Waals surface area contributed by atoms with Gasteiger partial charge in [0.2, 0.25) is 0 Å². The molecule has 2 atom stereocenters. The predicted molar refractivity (Wildman–Crippen MR) is 54.3 cm³/mol. The van der Waals surface area contributed by atoms with Gasteiger partial charge in [0, 0.05) is 19.6 Å². The number of carbonyl (C=O) groups excluding carboxylic acids is 2. The molecular weight excluding hydrogens is 196 g/mol. The average Bonchev–Trinajstić information content (AvgIpc) is 2.71. The molecule has 0 N–H and O–H groups in total. The number of esters is 1. The monoisotopic (exact) mass is 214 g/mol. The molecule has 0 aromatic heterocycles. The number of ether oxygens (including phenoxy) is 2. The molecule has 0 amide bonds. The third-order valence-electron chi connectivity index (χ3n) is 2.80. The average molecular weight is 214 g/mol. The topological polar surface area (TPSA) is 52.6 Å². The summed E-state index contributed by atoms with van der Waals surface area (Å²) in [4.78, 5) is 23.1. The Morgan fingerprint density at radius 1 is 1.53 bits per heavy atom. The number of carbonyl (C=O) groups is 2. The molecule has 0 aliphatic carbocycles. The Morgan fingerprint density at radius 2 is 2.27 bits per heavy atom. The Balaban J connectivity index is 2.45. The molecule has 15 heavy (non-hydrogen) atoms. The largest absolute Gasteiger partial charge is 0.468 e. The second-order valence-electron chi connectivity index (χ2n) is 3.88. The molecule has 86 valence electrons. The van der Waals surface area contributed by atoms with E-state index in [2.05, 4.69) is 4.74 Å². The summed E-state index contributed by atoms with van der Waals surface area (Å²) in [5.41, 5.74) is 0. The van der Waals surface area contributed by atoms with E-state index in [9.17, 15) is 9.59 Å². The molecular formula is C11H18O4. The summed E-state index contributed by atoms with van der Waals surface area (Å²) in [6.07, 6.45) is 1.87. The molecule has 1 saturated heterocycles. The maximum absolute atomic E-state index is 11.8. The molecule has 1 rings (SSSR count). The first kappa shape index (κ1) is 12.2. The number of Topliss-reactive ketones (excluding diaryl/α,β-unsaturated/α-hetero) is 1. The third-order valence-corrected chi connectivity index (χ3v) is 2.80. The van der Waals surface area contributed by atoms with Crippen LogP contribution in [0.5, 0.6) is 0 Å². The van der Waals surface area contributed by atoms with Crippen LogP contribution in [0, 0.1) is 11.8 Å². The molecule has 0 saturated carbocycles. The minimum absolute atomic E-state index is 0.0140. The van der Waals surface area contributed by atoms with E-state index in [-0.39, 0.29) is 11.7 Å². The van der Waals surface area contributed by atoms with Gasteiger partial charge in [-0.1, -0.05) is 6.92 Å². The maximum Gasteiger partial charge on any atom is 0.316 e. The number of ketones is 1. The summed E-state index contributed by atoms with van der Waals surface area (Å²) in [5.74, 6) is -0.729. The summed E-state index contributed by atoms with van der Waals surface area (Å²) < 4.78 is 9.79. The lowest BCUT2D eigenvalue weighted by Crippen LogP contribution is -2.26. The smallest absolute Gasteiger partial charge is 0.316 e. The van der Waals surface area contributed by atoms with Gasteiger partial charge in [0.25, 0.3) is 0 Å². The van der Waals surface area contributed by atoms with E-state index in [1.807, 2.05) is 6.92 Å². The van der Waals surface area contributed by atoms with Crippen molar-refractivity contribution in [3.63, 3.8) is 0 Å². The molecule has 1 heterocycles. The quantitative estimate of drug-likeness (QED) is 0.509. The molecule has 0 aromatic carbocycles. The third kappa shape index (κ3) is 3.30. The molecule has 0 radical (unpaired) electrons. The van der Waals surface area contributed by atoms with Crippen molar-refractivity contribution >= 4 is 11.8 Å². The van der Waals surface area contributed by atoms with E-state index in [1.165, 1.54) is 7.11 Å². The van der Waals surface area contributed by atoms with Crippen LogP contribution in [0.25, 0.3) is 0 Å². The second kappa shape index (κ2) is 5.85. The van der Waals surface area contributed by atoms with E-state index < -0.39 is 11.9 Å². The fraction of sp³-hybridized carbons (Fsp3) is 0.818. The van der Waals surface area contributed by atoms with Gasteiger partial charge in [-0.15, -0.1) is 0 Å². The first-order valence-corrected chi connectivity index (χ1v) is 5.37. The molecule has 0 bridgehead atoms. The van der Waals surface area contributed by atoms with E-state index in [0.717, 1.165) is 13.0 Å². The molecule has 1 aliphatic rings. The Bertz CT molecular complexity index is 231. The van der Waals surface area contributed by atoms with Crippen LogP contribution < -0.4 is 0 Å². The second-order valence-corrected chi connectivity index (χ2v) is 3.88. The van der Waals surface area contributed by atoms with Crippen LogP contribution in [0.2, 0.25) is 0 Å². The molecule has 2 unspecified atom stereocenters. The van der Waals surface area contributed by atoms with Crippen LogP contribution in [0.4, 0.5) is 0 Å². The highest BCUT2D eigenvalue weighted by molar-refractivity contribution is 5.98. The van der Waals surface area contributed by atoms with Crippen molar-refractivity contribution in [2.24, 2.45) is 11.8 Å². The Hall–Kier alpha value is -0.900. The fourth-order valence-corrected chi connectivity index (χ4v) is 1.84. The summed E-state index contributed by atoms with van der Waals surface area (Å²) in [7, 11) is 1.32. The summed E-state index contributed by atoms with van der Waals surface area (Å²) in [5, 5.41) is 0. The van der Waals surface area contributed by atoms with E-state index in [0.29, 0.717) is 19.4 Å². The van der Waals surface area contributed by atoms with Gasteiger partial charge in [0.1, 0.15) is 11.7 Å². The van der Waals surface area contributed by atoms with Crippen molar-refractivity contribution in [3.05, 3.63) is 0 Å². The van der Waals surface area contributed by atoms with Crippen LogP contribution in [0.15, 0.2) is 0 Å². The zero-order valence-electron chi connectivity index (χ0n) is 9.32. The molecule has 1 aliphatic heterocycles. The van der Waals surface area contributed by atoms with E-state index in [1.54, 1.807) is 0 Å². The minimum atomic E-state index is -0.587. The van der Waals surface area contributed by atoms with Crippen LogP contribution in [0.3, 0.4) is 0 Å². The molecule has 0 spiro atoms. The Morgan fingerprint density at radius 3 is 2.73 bits per heavy atom.